The maximum absolute atomic E-state index is 13.2. The van der Waals surface area contributed by atoms with Gasteiger partial charge in [0.15, 0.2) is 5.82 Å². The van der Waals surface area contributed by atoms with Crippen LogP contribution in [0.25, 0.3) is 0 Å². The Morgan fingerprint density at radius 3 is 2.44 bits per heavy atom. The van der Waals surface area contributed by atoms with Gasteiger partial charge in [0, 0.05) is 19.6 Å². The molecule has 1 aromatic rings. The van der Waals surface area contributed by atoms with E-state index in [1.54, 1.807) is 15.9 Å². The lowest BCUT2D eigenvalue weighted by Gasteiger charge is -2.46. The zero-order valence-electron chi connectivity index (χ0n) is 16.1. The van der Waals surface area contributed by atoms with Gasteiger partial charge in [-0.05, 0) is 63.8 Å². The Kier molecular flexibility index (Phi) is 5.17. The molecule has 0 unspecified atom stereocenters. The van der Waals surface area contributed by atoms with Crippen LogP contribution in [0.5, 0.6) is 0 Å². The predicted molar refractivity (Wildman–Crippen MR) is 101 cm³/mol. The molecule has 8 heteroatoms. The number of anilines is 1. The minimum atomic E-state index is -0.529. The van der Waals surface area contributed by atoms with Crippen molar-refractivity contribution in [3.63, 3.8) is 0 Å². The van der Waals surface area contributed by atoms with Crippen molar-refractivity contribution in [2.24, 2.45) is 10.6 Å². The van der Waals surface area contributed by atoms with E-state index in [9.17, 15) is 14.5 Å². The third-order valence-corrected chi connectivity index (χ3v) is 5.25. The molecule has 27 heavy (non-hydrogen) atoms. The van der Waals surface area contributed by atoms with Gasteiger partial charge in [-0.15, -0.1) is 4.91 Å². The number of nitrogens with zero attached hydrogens (tertiary/aromatic N) is 4. The van der Waals surface area contributed by atoms with Gasteiger partial charge in [0.2, 0.25) is 5.91 Å². The average Bonchev–Trinajstić information content (AvgIpc) is 2.63. The van der Waals surface area contributed by atoms with Gasteiger partial charge < -0.3 is 14.5 Å². The Morgan fingerprint density at radius 1 is 1.19 bits per heavy atom. The van der Waals surface area contributed by atoms with Crippen molar-refractivity contribution in [3.8, 4) is 0 Å². The van der Waals surface area contributed by atoms with Crippen LogP contribution < -0.4 is 4.90 Å². The van der Waals surface area contributed by atoms with Gasteiger partial charge in [-0.3, -0.25) is 4.79 Å². The number of piperidine rings is 2. The minimum Gasteiger partial charge on any atom is -0.444 e. The van der Waals surface area contributed by atoms with E-state index in [2.05, 4.69) is 10.2 Å². The molecule has 2 amide bonds. The summed E-state index contributed by atoms with van der Waals surface area (Å²) in [4.78, 5) is 43.5. The maximum atomic E-state index is 13.2. The fourth-order valence-corrected chi connectivity index (χ4v) is 3.82. The van der Waals surface area contributed by atoms with Gasteiger partial charge in [0.1, 0.15) is 5.60 Å². The monoisotopic (exact) mass is 374 g/mol. The summed E-state index contributed by atoms with van der Waals surface area (Å²) < 4.78 is 5.44. The second-order valence-corrected chi connectivity index (χ2v) is 8.27. The fourth-order valence-electron chi connectivity index (χ4n) is 3.82. The molecule has 1 spiro atoms. The number of nitroso groups, excluding NO2 is 1. The largest absolute Gasteiger partial charge is 0.444 e. The Hall–Kier alpha value is -2.51. The van der Waals surface area contributed by atoms with Crippen LogP contribution in [0.1, 0.15) is 46.5 Å². The average molecular weight is 374 g/mol. The van der Waals surface area contributed by atoms with Crippen molar-refractivity contribution in [1.82, 2.24) is 9.88 Å². The molecule has 146 valence electrons. The van der Waals surface area contributed by atoms with E-state index in [0.29, 0.717) is 38.2 Å². The molecule has 0 atom stereocenters. The number of hydrogen-bond donors (Lipinski definition) is 0. The molecule has 1 aromatic heterocycles. The number of aromatic nitrogens is 1. The molecule has 0 N–H and O–H groups in total. The number of pyridine rings is 1. The van der Waals surface area contributed by atoms with Crippen molar-refractivity contribution >= 4 is 23.5 Å². The Bertz CT molecular complexity index is 718. The van der Waals surface area contributed by atoms with Crippen molar-refractivity contribution in [2.75, 3.05) is 24.5 Å². The number of ether oxygens (including phenoxy) is 1. The zero-order chi connectivity index (χ0) is 19.7. The Labute approximate surface area is 158 Å². The normalized spacial score (nSPS) is 19.9. The number of amides is 2. The van der Waals surface area contributed by atoms with Crippen molar-refractivity contribution in [3.05, 3.63) is 23.2 Å². The smallest absolute Gasteiger partial charge is 0.410 e. The molecule has 0 aliphatic carbocycles. The number of carbonyl (C=O) groups excluding carboxylic acids is 2. The van der Waals surface area contributed by atoms with Gasteiger partial charge in [-0.1, -0.05) is 0 Å². The quantitative estimate of drug-likeness (QED) is 0.737. The summed E-state index contributed by atoms with van der Waals surface area (Å²) in [5.41, 5.74) is -0.293. The maximum Gasteiger partial charge on any atom is 0.410 e. The molecule has 0 saturated carbocycles. The molecule has 0 bridgehead atoms. The van der Waals surface area contributed by atoms with E-state index in [1.807, 2.05) is 20.8 Å². The van der Waals surface area contributed by atoms with Crippen LogP contribution in [0, 0.1) is 10.3 Å². The second kappa shape index (κ2) is 7.25. The molecule has 8 nitrogen and oxygen atoms in total. The number of likely N-dealkylation sites (tertiary alicyclic amines) is 1. The minimum absolute atomic E-state index is 0.0752. The van der Waals surface area contributed by atoms with Crippen LogP contribution >= 0.6 is 0 Å². The fraction of sp³-hybridized carbons (Fsp3) is 0.632. The van der Waals surface area contributed by atoms with E-state index in [-0.39, 0.29) is 17.8 Å². The van der Waals surface area contributed by atoms with Crippen molar-refractivity contribution < 1.29 is 14.3 Å². The lowest BCUT2D eigenvalue weighted by molar-refractivity contribution is -0.133. The highest BCUT2D eigenvalue weighted by atomic mass is 16.6. The first-order valence-corrected chi connectivity index (χ1v) is 9.33. The Balaban J connectivity index is 1.69. The molecule has 2 saturated heterocycles. The van der Waals surface area contributed by atoms with Crippen LogP contribution in [-0.4, -0.2) is 47.1 Å². The van der Waals surface area contributed by atoms with E-state index in [0.717, 1.165) is 12.8 Å². The third-order valence-electron chi connectivity index (χ3n) is 5.25. The van der Waals surface area contributed by atoms with Gasteiger partial charge in [0.05, 0.1) is 17.3 Å². The standard InChI is InChI=1S/C19H26N4O4/c1-18(2,3)27-17(25)22-11-8-19(9-12-22)7-4-10-23(16(19)24)14-5-6-15(21-26)20-13-14/h5-6,13H,4,7-12H2,1-3H3. The SMILES string of the molecule is CC(C)(C)OC(=O)N1CCC2(CCCN(c3ccc(N=O)nc3)C2=O)CC1. The van der Waals surface area contributed by atoms with Gasteiger partial charge >= 0.3 is 6.09 Å². The molecule has 2 fully saturated rings. The van der Waals surface area contributed by atoms with Gasteiger partial charge in [-0.2, -0.15) is 0 Å². The molecular weight excluding hydrogens is 348 g/mol. The highest BCUT2D eigenvalue weighted by Gasteiger charge is 2.47. The van der Waals surface area contributed by atoms with Gasteiger partial charge in [-0.25, -0.2) is 9.78 Å². The second-order valence-electron chi connectivity index (χ2n) is 8.27. The first kappa shape index (κ1) is 19.3. The van der Waals surface area contributed by atoms with E-state index in [4.69, 9.17) is 4.74 Å². The van der Waals surface area contributed by atoms with Crippen LogP contribution in [0.3, 0.4) is 0 Å². The number of hydrogen-bond acceptors (Lipinski definition) is 6. The molecule has 3 heterocycles. The first-order valence-electron chi connectivity index (χ1n) is 9.33. The summed E-state index contributed by atoms with van der Waals surface area (Å²) in [6.07, 6.45) is 4.17. The highest BCUT2D eigenvalue weighted by molar-refractivity contribution is 5.98. The molecular formula is C19H26N4O4. The van der Waals surface area contributed by atoms with Crippen LogP contribution in [-0.2, 0) is 9.53 Å². The third kappa shape index (κ3) is 4.09. The summed E-state index contributed by atoms with van der Waals surface area (Å²) >= 11 is 0. The van der Waals surface area contributed by atoms with E-state index >= 15 is 0 Å². The van der Waals surface area contributed by atoms with E-state index < -0.39 is 11.0 Å². The predicted octanol–water partition coefficient (Wildman–Crippen LogP) is 3.62. The van der Waals surface area contributed by atoms with Crippen molar-refractivity contribution in [1.29, 1.82) is 0 Å². The summed E-state index contributed by atoms with van der Waals surface area (Å²) in [7, 11) is 0. The van der Waals surface area contributed by atoms with Crippen molar-refractivity contribution in [2.45, 2.75) is 52.1 Å². The number of carbonyl (C=O) groups is 2. The van der Waals surface area contributed by atoms with Crippen LogP contribution in [0.15, 0.2) is 23.5 Å². The molecule has 2 aliphatic rings. The van der Waals surface area contributed by atoms with Gasteiger partial charge in [0.25, 0.3) is 0 Å². The lowest BCUT2D eigenvalue weighted by Crippen LogP contribution is -2.55. The first-order chi connectivity index (χ1) is 12.7. The Morgan fingerprint density at radius 2 is 1.89 bits per heavy atom. The molecule has 0 radical (unpaired) electrons. The molecule has 2 aliphatic heterocycles. The molecule has 0 aromatic carbocycles. The van der Waals surface area contributed by atoms with Crippen LogP contribution in [0.4, 0.5) is 16.3 Å². The van der Waals surface area contributed by atoms with Crippen LogP contribution in [0.2, 0.25) is 0 Å². The summed E-state index contributed by atoms with van der Waals surface area (Å²) in [6.45, 7) is 7.20. The van der Waals surface area contributed by atoms with E-state index in [1.165, 1.54) is 12.3 Å². The summed E-state index contributed by atoms with van der Waals surface area (Å²) in [5, 5.41) is 2.80. The zero-order valence-corrected chi connectivity index (χ0v) is 16.1. The molecule has 3 rings (SSSR count). The highest BCUT2D eigenvalue weighted by Crippen LogP contribution is 2.42. The number of rotatable bonds is 2. The summed E-state index contributed by atoms with van der Waals surface area (Å²) in [6, 6.07) is 3.22. The summed E-state index contributed by atoms with van der Waals surface area (Å²) in [5.74, 6) is 0.176. The lowest BCUT2D eigenvalue weighted by atomic mass is 9.71. The topological polar surface area (TPSA) is 92.2 Å².